The summed E-state index contributed by atoms with van der Waals surface area (Å²) in [5, 5.41) is 0.371. The molecule has 0 spiro atoms. The molecule has 0 saturated carbocycles. The number of benzene rings is 2. The number of hydrogen-bond donors (Lipinski definition) is 0. The van der Waals surface area contributed by atoms with Crippen LogP contribution in [0.15, 0.2) is 53.4 Å². The van der Waals surface area contributed by atoms with Gasteiger partial charge in [0.1, 0.15) is 5.75 Å². The second-order valence-corrected chi connectivity index (χ2v) is 7.69. The summed E-state index contributed by atoms with van der Waals surface area (Å²) < 4.78 is 33.7. The van der Waals surface area contributed by atoms with Crippen molar-refractivity contribution in [2.24, 2.45) is 0 Å². The molecule has 1 aliphatic heterocycles. The van der Waals surface area contributed by atoms with Crippen molar-refractivity contribution in [3.05, 3.63) is 54.1 Å². The number of para-hydroxylation sites is 1. The van der Waals surface area contributed by atoms with Crippen molar-refractivity contribution in [1.29, 1.82) is 0 Å². The van der Waals surface area contributed by atoms with E-state index in [9.17, 15) is 18.4 Å². The number of carbonyl (C=O) groups excluding carboxylic acids is 2. The molecule has 148 valence electrons. The highest BCUT2D eigenvalue weighted by Gasteiger charge is 2.25. The van der Waals surface area contributed by atoms with Gasteiger partial charge in [0, 0.05) is 16.7 Å². The highest BCUT2D eigenvalue weighted by molar-refractivity contribution is 8.00. The number of amides is 1. The highest BCUT2D eigenvalue weighted by Crippen LogP contribution is 2.37. The Morgan fingerprint density at radius 2 is 1.89 bits per heavy atom. The van der Waals surface area contributed by atoms with E-state index >= 15 is 0 Å². The fourth-order valence-corrected chi connectivity index (χ4v) is 3.92. The maximum absolute atomic E-state index is 12.7. The Balaban J connectivity index is 1.63. The van der Waals surface area contributed by atoms with Gasteiger partial charge in [0.2, 0.25) is 0 Å². The van der Waals surface area contributed by atoms with Crippen molar-refractivity contribution in [3.8, 4) is 5.75 Å². The molecule has 1 aliphatic rings. The monoisotopic (exact) mass is 407 g/mol. The second kappa shape index (κ2) is 9.05. The molecule has 0 fully saturated rings. The lowest BCUT2D eigenvalue weighted by atomic mass is 10.2. The number of ether oxygens (including phenoxy) is 2. The van der Waals surface area contributed by atoms with Gasteiger partial charge in [0.05, 0.1) is 11.3 Å². The van der Waals surface area contributed by atoms with Crippen LogP contribution in [-0.4, -0.2) is 36.9 Å². The Morgan fingerprint density at radius 1 is 1.18 bits per heavy atom. The van der Waals surface area contributed by atoms with Crippen LogP contribution in [0, 0.1) is 0 Å². The van der Waals surface area contributed by atoms with E-state index in [1.54, 1.807) is 16.7 Å². The number of thioether (sulfide) groups is 1. The zero-order valence-corrected chi connectivity index (χ0v) is 16.0. The number of anilines is 1. The zero-order chi connectivity index (χ0) is 20.1. The van der Waals surface area contributed by atoms with Gasteiger partial charge in [-0.25, -0.2) is 4.79 Å². The first-order valence-electron chi connectivity index (χ1n) is 8.72. The topological polar surface area (TPSA) is 55.8 Å². The smallest absolute Gasteiger partial charge is 0.387 e. The van der Waals surface area contributed by atoms with Crippen LogP contribution < -0.4 is 9.64 Å². The van der Waals surface area contributed by atoms with Crippen molar-refractivity contribution >= 4 is 29.3 Å². The summed E-state index contributed by atoms with van der Waals surface area (Å²) in [5.41, 5.74) is 0.960. The molecule has 1 heterocycles. The fourth-order valence-electron chi connectivity index (χ4n) is 2.81. The van der Waals surface area contributed by atoms with Crippen LogP contribution in [0.4, 0.5) is 14.5 Å². The summed E-state index contributed by atoms with van der Waals surface area (Å²) in [6, 6.07) is 12.7. The highest BCUT2D eigenvalue weighted by atomic mass is 32.2. The first kappa shape index (κ1) is 20.1. The van der Waals surface area contributed by atoms with Gasteiger partial charge in [-0.05, 0) is 42.8 Å². The quantitative estimate of drug-likeness (QED) is 0.690. The third kappa shape index (κ3) is 5.01. The molecule has 0 radical (unpaired) electrons. The Bertz CT molecular complexity index is 844. The minimum Gasteiger partial charge on any atom is -0.452 e. The Labute approximate surface area is 165 Å². The van der Waals surface area contributed by atoms with Gasteiger partial charge < -0.3 is 14.4 Å². The molecule has 0 unspecified atom stereocenters. The van der Waals surface area contributed by atoms with E-state index in [2.05, 4.69) is 11.7 Å². The van der Waals surface area contributed by atoms with E-state index in [1.165, 1.54) is 24.3 Å². The van der Waals surface area contributed by atoms with Crippen molar-refractivity contribution in [3.63, 3.8) is 0 Å². The summed E-state index contributed by atoms with van der Waals surface area (Å²) in [6.07, 6.45) is 0.824. The molecule has 2 aromatic carbocycles. The first-order valence-corrected chi connectivity index (χ1v) is 9.60. The number of halogens is 2. The van der Waals surface area contributed by atoms with Gasteiger partial charge in [-0.1, -0.05) is 19.1 Å². The summed E-state index contributed by atoms with van der Waals surface area (Å²) >= 11 is 1.71. The molecule has 0 aromatic heterocycles. The van der Waals surface area contributed by atoms with E-state index in [0.29, 0.717) is 11.8 Å². The molecule has 0 aliphatic carbocycles. The molecule has 0 saturated heterocycles. The average molecular weight is 407 g/mol. The molecule has 5 nitrogen and oxygen atoms in total. The number of alkyl halides is 2. The van der Waals surface area contributed by atoms with Crippen molar-refractivity contribution in [2.75, 3.05) is 18.1 Å². The molecule has 28 heavy (non-hydrogen) atoms. The summed E-state index contributed by atoms with van der Waals surface area (Å²) in [6.45, 7) is -0.688. The second-order valence-electron chi connectivity index (χ2n) is 6.21. The minimum atomic E-state index is -2.94. The standard InChI is InChI=1S/C20H19F2NO4S/c1-13-10-11-23(16-4-2-3-5-17(16)28-13)18(24)12-26-19(25)14-6-8-15(9-7-14)27-20(21)22/h2-9,13,20H,10-12H2,1H3/t13-/m0/s1. The Morgan fingerprint density at radius 3 is 2.61 bits per heavy atom. The van der Waals surface area contributed by atoms with Crippen molar-refractivity contribution < 1.29 is 27.8 Å². The van der Waals surface area contributed by atoms with E-state index < -0.39 is 19.2 Å². The lowest BCUT2D eigenvalue weighted by molar-refractivity contribution is -0.121. The van der Waals surface area contributed by atoms with Crippen LogP contribution in [0.3, 0.4) is 0 Å². The predicted molar refractivity (Wildman–Crippen MR) is 102 cm³/mol. The van der Waals surface area contributed by atoms with Crippen molar-refractivity contribution in [2.45, 2.75) is 30.1 Å². The number of nitrogens with zero attached hydrogens (tertiary/aromatic N) is 1. The van der Waals surface area contributed by atoms with Crippen LogP contribution in [0.25, 0.3) is 0 Å². The predicted octanol–water partition coefficient (Wildman–Crippen LogP) is 4.36. The van der Waals surface area contributed by atoms with Gasteiger partial charge in [0.25, 0.3) is 5.91 Å². The molecular weight excluding hydrogens is 388 g/mol. The maximum atomic E-state index is 12.7. The largest absolute Gasteiger partial charge is 0.452 e. The van der Waals surface area contributed by atoms with Gasteiger partial charge in [-0.15, -0.1) is 11.8 Å². The third-order valence-corrected chi connectivity index (χ3v) is 5.42. The molecule has 3 rings (SSSR count). The van der Waals surface area contributed by atoms with E-state index in [-0.39, 0.29) is 17.2 Å². The summed E-state index contributed by atoms with van der Waals surface area (Å²) in [4.78, 5) is 27.5. The fraction of sp³-hybridized carbons (Fsp3) is 0.300. The van der Waals surface area contributed by atoms with Gasteiger partial charge >= 0.3 is 12.6 Å². The van der Waals surface area contributed by atoms with Crippen LogP contribution in [0.5, 0.6) is 5.75 Å². The van der Waals surface area contributed by atoms with Crippen LogP contribution >= 0.6 is 11.8 Å². The molecule has 2 aromatic rings. The van der Waals surface area contributed by atoms with E-state index in [0.717, 1.165) is 17.0 Å². The minimum absolute atomic E-state index is 0.0598. The molecule has 0 N–H and O–H groups in total. The van der Waals surface area contributed by atoms with Crippen LogP contribution in [-0.2, 0) is 9.53 Å². The Kier molecular flexibility index (Phi) is 6.51. The van der Waals surface area contributed by atoms with Gasteiger partial charge in [0.15, 0.2) is 6.61 Å². The Hall–Kier alpha value is -2.61. The number of carbonyl (C=O) groups is 2. The number of rotatable bonds is 5. The number of esters is 1. The average Bonchev–Trinajstić information content (AvgIpc) is 2.84. The van der Waals surface area contributed by atoms with Crippen LogP contribution in [0.1, 0.15) is 23.7 Å². The van der Waals surface area contributed by atoms with E-state index in [4.69, 9.17) is 4.74 Å². The SMILES string of the molecule is C[C@H]1CCN(C(=O)COC(=O)c2ccc(OC(F)F)cc2)c2ccccc2S1. The third-order valence-electron chi connectivity index (χ3n) is 4.19. The summed E-state index contributed by atoms with van der Waals surface area (Å²) in [7, 11) is 0. The summed E-state index contributed by atoms with van der Waals surface area (Å²) in [5.74, 6) is -1.08. The number of hydrogen-bond acceptors (Lipinski definition) is 5. The van der Waals surface area contributed by atoms with E-state index in [1.807, 2.05) is 24.3 Å². The normalized spacial score (nSPS) is 16.3. The van der Waals surface area contributed by atoms with Gasteiger partial charge in [-0.2, -0.15) is 8.78 Å². The molecule has 0 bridgehead atoms. The lowest BCUT2D eigenvalue weighted by Gasteiger charge is -2.22. The van der Waals surface area contributed by atoms with Crippen LogP contribution in [0.2, 0.25) is 0 Å². The molecule has 1 amide bonds. The molecule has 8 heteroatoms. The zero-order valence-electron chi connectivity index (χ0n) is 15.1. The van der Waals surface area contributed by atoms with Gasteiger partial charge in [-0.3, -0.25) is 4.79 Å². The van der Waals surface area contributed by atoms with Crippen molar-refractivity contribution in [1.82, 2.24) is 0 Å². The molecular formula is C20H19F2NO4S. The first-order chi connectivity index (χ1) is 13.4. The lowest BCUT2D eigenvalue weighted by Crippen LogP contribution is -2.35. The number of fused-ring (bicyclic) bond motifs is 1. The maximum Gasteiger partial charge on any atom is 0.387 e. The molecule has 1 atom stereocenters.